The highest BCUT2D eigenvalue weighted by molar-refractivity contribution is 5.95. The van der Waals surface area contributed by atoms with E-state index >= 15 is 0 Å². The Morgan fingerprint density at radius 1 is 1.10 bits per heavy atom. The van der Waals surface area contributed by atoms with Crippen molar-refractivity contribution in [2.24, 2.45) is 0 Å². The quantitative estimate of drug-likeness (QED) is 0.404. The molecule has 1 aromatic carbocycles. The van der Waals surface area contributed by atoms with Crippen molar-refractivity contribution in [3.8, 4) is 5.75 Å². The van der Waals surface area contributed by atoms with E-state index in [2.05, 4.69) is 30.9 Å². The molecule has 2 heterocycles. The van der Waals surface area contributed by atoms with E-state index in [9.17, 15) is 9.90 Å². The van der Waals surface area contributed by atoms with Gasteiger partial charge in [0.25, 0.3) is 5.91 Å². The lowest BCUT2D eigenvalue weighted by Gasteiger charge is -2.18. The van der Waals surface area contributed by atoms with Crippen molar-refractivity contribution in [3.05, 3.63) is 72.4 Å². The number of nitrogens with zero attached hydrogens (tertiary/aromatic N) is 3. The van der Waals surface area contributed by atoms with Crippen molar-refractivity contribution < 1.29 is 14.6 Å². The highest BCUT2D eigenvalue weighted by Gasteiger charge is 2.13. The molecule has 0 saturated carbocycles. The maximum absolute atomic E-state index is 12.5. The van der Waals surface area contributed by atoms with E-state index in [0.717, 1.165) is 5.56 Å². The van der Waals surface area contributed by atoms with E-state index in [1.165, 1.54) is 25.7 Å². The molecule has 4 N–H and O–H groups in total. The third kappa shape index (κ3) is 5.88. The molecule has 2 aromatic heterocycles. The first-order valence-corrected chi connectivity index (χ1v) is 8.98. The van der Waals surface area contributed by atoms with Crippen LogP contribution in [0.4, 0.5) is 11.5 Å². The first-order chi connectivity index (χ1) is 14.2. The van der Waals surface area contributed by atoms with E-state index in [1.807, 2.05) is 12.1 Å². The van der Waals surface area contributed by atoms with Gasteiger partial charge in [-0.3, -0.25) is 14.8 Å². The molecule has 29 heavy (non-hydrogen) atoms. The fraction of sp³-hybridized carbons (Fsp3) is 0.200. The highest BCUT2D eigenvalue weighted by Crippen LogP contribution is 2.26. The van der Waals surface area contributed by atoms with Gasteiger partial charge in [-0.2, -0.15) is 0 Å². The van der Waals surface area contributed by atoms with Crippen LogP contribution in [0.15, 0.2) is 61.3 Å². The van der Waals surface area contributed by atoms with Crippen LogP contribution in [0.2, 0.25) is 0 Å². The Morgan fingerprint density at radius 3 is 2.66 bits per heavy atom. The van der Waals surface area contributed by atoms with Gasteiger partial charge in [-0.25, -0.2) is 4.98 Å². The van der Waals surface area contributed by atoms with Gasteiger partial charge in [-0.05, 0) is 42.3 Å². The van der Waals surface area contributed by atoms with Crippen LogP contribution < -0.4 is 20.7 Å². The second-order valence-corrected chi connectivity index (χ2v) is 6.06. The number of aliphatic hydroxyl groups excluding tert-OH is 1. The predicted octanol–water partition coefficient (Wildman–Crippen LogP) is 1.65. The topological polar surface area (TPSA) is 121 Å². The fourth-order valence-electron chi connectivity index (χ4n) is 2.63. The number of pyridine rings is 1. The van der Waals surface area contributed by atoms with Crippen LogP contribution in [0, 0.1) is 0 Å². The summed E-state index contributed by atoms with van der Waals surface area (Å²) in [7, 11) is 1.51. The third-order valence-corrected chi connectivity index (χ3v) is 4.05. The van der Waals surface area contributed by atoms with Gasteiger partial charge in [0, 0.05) is 36.9 Å². The van der Waals surface area contributed by atoms with Crippen LogP contribution in [0.25, 0.3) is 0 Å². The van der Waals surface area contributed by atoms with Gasteiger partial charge in [0.05, 0.1) is 19.0 Å². The Labute approximate surface area is 168 Å². The summed E-state index contributed by atoms with van der Waals surface area (Å²) >= 11 is 0. The second kappa shape index (κ2) is 10.00. The van der Waals surface area contributed by atoms with Gasteiger partial charge in [0.2, 0.25) is 6.35 Å². The molecule has 9 nitrogen and oxygen atoms in total. The Bertz CT molecular complexity index is 924. The number of carbonyl (C=O) groups excluding carboxylic acids is 1. The SMILES string of the molecule is COc1ccc(C(=O)NCCc2ccncc2)cc1NC(O)Nc1cnccn1. The van der Waals surface area contributed by atoms with Gasteiger partial charge >= 0.3 is 0 Å². The fourth-order valence-corrected chi connectivity index (χ4v) is 2.63. The van der Waals surface area contributed by atoms with Crippen LogP contribution in [-0.4, -0.2) is 46.0 Å². The molecule has 150 valence electrons. The number of aromatic nitrogens is 3. The first kappa shape index (κ1) is 20.0. The number of hydrogen-bond donors (Lipinski definition) is 4. The van der Waals surface area contributed by atoms with E-state index in [-0.39, 0.29) is 5.91 Å². The molecule has 0 aliphatic heterocycles. The van der Waals surface area contributed by atoms with Gasteiger partial charge < -0.3 is 25.8 Å². The lowest BCUT2D eigenvalue weighted by atomic mass is 10.1. The lowest BCUT2D eigenvalue weighted by Crippen LogP contribution is -2.29. The van der Waals surface area contributed by atoms with Crippen molar-refractivity contribution in [1.82, 2.24) is 20.3 Å². The zero-order valence-corrected chi connectivity index (χ0v) is 15.9. The average molecular weight is 394 g/mol. The Kier molecular flexibility index (Phi) is 6.90. The molecule has 3 rings (SSSR count). The molecule has 0 aliphatic carbocycles. The Morgan fingerprint density at radius 2 is 1.93 bits per heavy atom. The molecule has 0 bridgehead atoms. The lowest BCUT2D eigenvalue weighted by molar-refractivity contribution is 0.0954. The summed E-state index contributed by atoms with van der Waals surface area (Å²) in [5.41, 5.74) is 1.99. The highest BCUT2D eigenvalue weighted by atomic mass is 16.5. The van der Waals surface area contributed by atoms with Crippen LogP contribution in [-0.2, 0) is 6.42 Å². The molecule has 0 aliphatic rings. The molecule has 0 saturated heterocycles. The van der Waals surface area contributed by atoms with Crippen molar-refractivity contribution >= 4 is 17.4 Å². The summed E-state index contributed by atoms with van der Waals surface area (Å²) in [6.45, 7) is 0.495. The maximum atomic E-state index is 12.5. The number of hydrogen-bond acceptors (Lipinski definition) is 8. The summed E-state index contributed by atoms with van der Waals surface area (Å²) in [6.07, 6.45) is 7.51. The summed E-state index contributed by atoms with van der Waals surface area (Å²) in [6, 6.07) is 8.76. The molecular weight excluding hydrogens is 372 g/mol. The normalized spacial score (nSPS) is 11.4. The van der Waals surface area contributed by atoms with E-state index < -0.39 is 6.35 Å². The van der Waals surface area contributed by atoms with Gasteiger partial charge in [0.1, 0.15) is 11.6 Å². The number of methoxy groups -OCH3 is 1. The summed E-state index contributed by atoms with van der Waals surface area (Å²) in [5.74, 6) is 0.663. The minimum absolute atomic E-state index is 0.221. The number of ether oxygens (including phenoxy) is 1. The van der Waals surface area contributed by atoms with Crippen molar-refractivity contribution in [2.75, 3.05) is 24.3 Å². The molecule has 1 amide bonds. The third-order valence-electron chi connectivity index (χ3n) is 4.05. The molecule has 3 aromatic rings. The number of anilines is 2. The van der Waals surface area contributed by atoms with Crippen LogP contribution in [0.3, 0.4) is 0 Å². The van der Waals surface area contributed by atoms with E-state index in [0.29, 0.717) is 35.8 Å². The number of carbonyl (C=O) groups is 1. The summed E-state index contributed by atoms with van der Waals surface area (Å²) in [4.78, 5) is 24.4. The zero-order valence-electron chi connectivity index (χ0n) is 15.9. The Balaban J connectivity index is 1.62. The number of rotatable bonds is 9. The van der Waals surface area contributed by atoms with Crippen LogP contribution in [0.1, 0.15) is 15.9 Å². The molecule has 0 fully saturated rings. The number of nitrogens with one attached hydrogen (secondary N) is 3. The number of amides is 1. The maximum Gasteiger partial charge on any atom is 0.251 e. The predicted molar refractivity (Wildman–Crippen MR) is 109 cm³/mol. The smallest absolute Gasteiger partial charge is 0.251 e. The van der Waals surface area contributed by atoms with Crippen LogP contribution >= 0.6 is 0 Å². The van der Waals surface area contributed by atoms with Gasteiger partial charge in [-0.1, -0.05) is 0 Å². The van der Waals surface area contributed by atoms with Crippen molar-refractivity contribution in [3.63, 3.8) is 0 Å². The second-order valence-electron chi connectivity index (χ2n) is 6.06. The van der Waals surface area contributed by atoms with E-state index in [1.54, 1.807) is 30.6 Å². The summed E-state index contributed by atoms with van der Waals surface area (Å²) in [5, 5.41) is 18.7. The van der Waals surface area contributed by atoms with Crippen LogP contribution in [0.5, 0.6) is 5.75 Å². The largest absolute Gasteiger partial charge is 0.495 e. The van der Waals surface area contributed by atoms with Gasteiger partial charge in [0.15, 0.2) is 0 Å². The first-order valence-electron chi connectivity index (χ1n) is 8.98. The van der Waals surface area contributed by atoms with Crippen molar-refractivity contribution in [2.45, 2.75) is 12.8 Å². The molecule has 0 spiro atoms. The molecule has 9 heteroatoms. The number of aliphatic hydroxyl groups is 1. The molecule has 1 atom stereocenters. The standard InChI is InChI=1S/C20H22N6O3/c1-29-17-3-2-15(19(27)24-9-6-14-4-7-21-8-5-14)12-16(17)25-20(28)26-18-13-22-10-11-23-18/h2-5,7-8,10-13,20,25,28H,6,9H2,1H3,(H,23,26)(H,24,27). The molecule has 0 radical (unpaired) electrons. The van der Waals surface area contributed by atoms with E-state index in [4.69, 9.17) is 4.74 Å². The zero-order chi connectivity index (χ0) is 20.5. The minimum Gasteiger partial charge on any atom is -0.495 e. The average Bonchev–Trinajstić information content (AvgIpc) is 2.75. The number of benzene rings is 1. The Hall–Kier alpha value is -3.72. The monoisotopic (exact) mass is 394 g/mol. The van der Waals surface area contributed by atoms with Crippen molar-refractivity contribution in [1.29, 1.82) is 0 Å². The molecular formula is C20H22N6O3. The minimum atomic E-state index is -1.16. The molecule has 1 unspecified atom stereocenters. The van der Waals surface area contributed by atoms with Gasteiger partial charge in [-0.15, -0.1) is 0 Å². The summed E-state index contributed by atoms with van der Waals surface area (Å²) < 4.78 is 5.30.